The molecule has 1 aromatic rings. The molecule has 0 aromatic carbocycles. The first-order valence-electron chi connectivity index (χ1n) is 4.98. The summed E-state index contributed by atoms with van der Waals surface area (Å²) in [6.07, 6.45) is 6.76. The maximum atomic E-state index is 8.76. The summed E-state index contributed by atoms with van der Waals surface area (Å²) in [5, 5.41) is 17.5. The molecule has 0 N–H and O–H groups in total. The molecule has 0 bridgehead atoms. The van der Waals surface area contributed by atoms with Crippen molar-refractivity contribution in [3.05, 3.63) is 47.9 Å². The number of hydrogen-bond donors (Lipinski definition) is 0. The topological polar surface area (TPSA) is 63.7 Å². The Hall–Kier alpha value is -2.59. The maximum absolute atomic E-state index is 8.76. The van der Waals surface area contributed by atoms with Crippen molar-refractivity contribution in [2.24, 2.45) is 0 Å². The van der Waals surface area contributed by atoms with E-state index in [0.717, 1.165) is 11.1 Å². The zero-order valence-corrected chi connectivity index (χ0v) is 9.75. The molecule has 1 aromatic heterocycles. The van der Waals surface area contributed by atoms with Crippen molar-refractivity contribution >= 4 is 5.57 Å². The van der Waals surface area contributed by atoms with Crippen LogP contribution in [0.2, 0.25) is 0 Å². The Morgan fingerprint density at radius 1 is 1.24 bits per heavy atom. The fourth-order valence-corrected chi connectivity index (χ4v) is 1.26. The second-order valence-corrected chi connectivity index (χ2v) is 3.57. The Bertz CT molecular complexity index is 497. The molecule has 0 spiro atoms. The van der Waals surface area contributed by atoms with Gasteiger partial charge in [-0.15, -0.1) is 0 Å². The molecule has 0 fully saturated rings. The van der Waals surface area contributed by atoms with Crippen LogP contribution in [0, 0.1) is 22.7 Å². The Balaban J connectivity index is 3.22. The van der Waals surface area contributed by atoms with E-state index in [9.17, 15) is 0 Å². The first-order valence-corrected chi connectivity index (χ1v) is 4.98. The van der Waals surface area contributed by atoms with E-state index in [1.54, 1.807) is 18.5 Å². The normalized spacial score (nSPS) is 10.0. The lowest BCUT2D eigenvalue weighted by Crippen LogP contribution is -2.02. The van der Waals surface area contributed by atoms with E-state index in [4.69, 9.17) is 10.5 Å². The second-order valence-electron chi connectivity index (χ2n) is 3.57. The van der Waals surface area contributed by atoms with Crippen LogP contribution >= 0.6 is 0 Å². The summed E-state index contributed by atoms with van der Waals surface area (Å²) in [5.41, 5.74) is 1.79. The second kappa shape index (κ2) is 6.09. The molecule has 1 rings (SSSR count). The van der Waals surface area contributed by atoms with Gasteiger partial charge in [0.25, 0.3) is 0 Å². The Labute approximate surface area is 101 Å². The van der Waals surface area contributed by atoms with Gasteiger partial charge in [-0.25, -0.2) is 0 Å². The minimum Gasteiger partial charge on any atom is -0.383 e. The van der Waals surface area contributed by atoms with E-state index >= 15 is 0 Å². The molecule has 1 heterocycles. The lowest BCUT2D eigenvalue weighted by molar-refractivity contribution is 0.566. The number of hydrogen-bond acceptors (Lipinski definition) is 4. The van der Waals surface area contributed by atoms with Crippen molar-refractivity contribution in [1.82, 2.24) is 9.88 Å². The molecule has 0 radical (unpaired) electrons. The van der Waals surface area contributed by atoms with Gasteiger partial charge in [0.2, 0.25) is 0 Å². The van der Waals surface area contributed by atoms with Crippen LogP contribution < -0.4 is 0 Å². The van der Waals surface area contributed by atoms with Crippen molar-refractivity contribution in [2.45, 2.75) is 0 Å². The van der Waals surface area contributed by atoms with Gasteiger partial charge in [-0.1, -0.05) is 0 Å². The van der Waals surface area contributed by atoms with Crippen LogP contribution in [0.15, 0.2) is 42.4 Å². The van der Waals surface area contributed by atoms with Crippen molar-refractivity contribution in [3.8, 4) is 12.1 Å². The van der Waals surface area contributed by atoms with E-state index < -0.39 is 0 Å². The van der Waals surface area contributed by atoms with Crippen LogP contribution in [-0.2, 0) is 0 Å². The Kier molecular flexibility index (Phi) is 4.47. The molecule has 0 aliphatic heterocycles. The number of pyridine rings is 1. The number of nitrogens with zero attached hydrogens (tertiary/aromatic N) is 4. The van der Waals surface area contributed by atoms with Gasteiger partial charge in [-0.05, 0) is 29.3 Å². The fourth-order valence-electron chi connectivity index (χ4n) is 1.26. The van der Waals surface area contributed by atoms with E-state index in [-0.39, 0.29) is 5.57 Å². The lowest BCUT2D eigenvalue weighted by Gasteiger charge is -2.08. The maximum Gasteiger partial charge on any atom is 0.130 e. The predicted molar refractivity (Wildman–Crippen MR) is 65.2 cm³/mol. The molecule has 17 heavy (non-hydrogen) atoms. The molecule has 84 valence electrons. The SMILES string of the molecule is CN(C)C=C(C=C(C#N)C#N)c1ccncc1. The molecule has 0 unspecified atom stereocenters. The van der Waals surface area contributed by atoms with Gasteiger partial charge >= 0.3 is 0 Å². The summed E-state index contributed by atoms with van der Waals surface area (Å²) in [7, 11) is 3.76. The van der Waals surface area contributed by atoms with Crippen molar-refractivity contribution < 1.29 is 0 Å². The van der Waals surface area contributed by atoms with Crippen molar-refractivity contribution in [2.75, 3.05) is 14.1 Å². The minimum atomic E-state index is 0.0786. The van der Waals surface area contributed by atoms with Crippen LogP contribution in [0.3, 0.4) is 0 Å². The van der Waals surface area contributed by atoms with E-state index in [1.807, 2.05) is 49.5 Å². The van der Waals surface area contributed by atoms with Gasteiger partial charge in [0, 0.05) is 32.7 Å². The molecule has 0 amide bonds. The van der Waals surface area contributed by atoms with E-state index in [0.29, 0.717) is 0 Å². The van der Waals surface area contributed by atoms with Gasteiger partial charge in [0.1, 0.15) is 17.7 Å². The fraction of sp³-hybridized carbons (Fsp3) is 0.154. The van der Waals surface area contributed by atoms with E-state index in [2.05, 4.69) is 4.98 Å². The van der Waals surface area contributed by atoms with Gasteiger partial charge < -0.3 is 4.90 Å². The van der Waals surface area contributed by atoms with Crippen molar-refractivity contribution in [1.29, 1.82) is 10.5 Å². The van der Waals surface area contributed by atoms with Crippen molar-refractivity contribution in [3.63, 3.8) is 0 Å². The first kappa shape index (κ1) is 12.5. The average molecular weight is 224 g/mol. The summed E-state index contributed by atoms with van der Waals surface area (Å²) >= 11 is 0. The lowest BCUT2D eigenvalue weighted by atomic mass is 10.1. The van der Waals surface area contributed by atoms with Crippen LogP contribution in [0.4, 0.5) is 0 Å². The summed E-state index contributed by atoms with van der Waals surface area (Å²) in [6.45, 7) is 0. The highest BCUT2D eigenvalue weighted by molar-refractivity contribution is 5.76. The highest BCUT2D eigenvalue weighted by atomic mass is 15.0. The Morgan fingerprint density at radius 2 is 1.82 bits per heavy atom. The molecule has 0 aliphatic rings. The summed E-state index contributed by atoms with van der Waals surface area (Å²) in [5.74, 6) is 0. The quantitative estimate of drug-likeness (QED) is 0.581. The molecule has 0 saturated heterocycles. The van der Waals surface area contributed by atoms with Crippen LogP contribution in [-0.4, -0.2) is 24.0 Å². The largest absolute Gasteiger partial charge is 0.383 e. The number of aromatic nitrogens is 1. The van der Waals surface area contributed by atoms with Gasteiger partial charge in [0.05, 0.1) is 0 Å². The van der Waals surface area contributed by atoms with Crippen LogP contribution in [0.25, 0.3) is 5.57 Å². The minimum absolute atomic E-state index is 0.0786. The molecular weight excluding hydrogens is 212 g/mol. The Morgan fingerprint density at radius 3 is 2.29 bits per heavy atom. The van der Waals surface area contributed by atoms with Crippen LogP contribution in [0.5, 0.6) is 0 Å². The molecule has 0 aliphatic carbocycles. The zero-order valence-electron chi connectivity index (χ0n) is 9.75. The summed E-state index contributed by atoms with van der Waals surface area (Å²) in [6, 6.07) is 7.36. The number of nitriles is 2. The third-order valence-corrected chi connectivity index (χ3v) is 1.95. The predicted octanol–water partition coefficient (Wildman–Crippen LogP) is 1.96. The highest BCUT2D eigenvalue weighted by Gasteiger charge is 2.01. The first-order chi connectivity index (χ1) is 8.17. The average Bonchev–Trinajstić information content (AvgIpc) is 2.35. The molecule has 0 saturated carbocycles. The standard InChI is InChI=1S/C13H12N4/c1-17(2)10-13(7-11(8-14)9-15)12-3-5-16-6-4-12/h3-7,10H,1-2H3. The third-order valence-electron chi connectivity index (χ3n) is 1.95. The highest BCUT2D eigenvalue weighted by Crippen LogP contribution is 2.16. The van der Waals surface area contributed by atoms with Crippen LogP contribution in [0.1, 0.15) is 5.56 Å². The van der Waals surface area contributed by atoms with Gasteiger partial charge in [0.15, 0.2) is 0 Å². The zero-order chi connectivity index (χ0) is 12.7. The van der Waals surface area contributed by atoms with E-state index in [1.165, 1.54) is 0 Å². The number of rotatable bonds is 3. The van der Waals surface area contributed by atoms with Gasteiger partial charge in [-0.2, -0.15) is 10.5 Å². The molecule has 4 heteroatoms. The van der Waals surface area contributed by atoms with Gasteiger partial charge in [-0.3, -0.25) is 4.98 Å². The smallest absolute Gasteiger partial charge is 0.130 e. The number of allylic oxidation sites excluding steroid dienone is 3. The molecule has 4 nitrogen and oxygen atoms in total. The monoisotopic (exact) mass is 224 g/mol. The molecular formula is C13H12N4. The summed E-state index contributed by atoms with van der Waals surface area (Å²) < 4.78 is 0. The third kappa shape index (κ3) is 3.81. The molecule has 0 atom stereocenters. The summed E-state index contributed by atoms with van der Waals surface area (Å²) in [4.78, 5) is 5.79.